The molecule has 174 valence electrons. The molecule has 0 heterocycles. The molecule has 6 nitrogen and oxygen atoms in total. The van der Waals surface area contributed by atoms with Crippen LogP contribution in [-0.2, 0) is 21.2 Å². The molecule has 1 N–H and O–H groups in total. The van der Waals surface area contributed by atoms with Crippen molar-refractivity contribution in [1.29, 1.82) is 0 Å². The number of rotatable bonds is 10. The van der Waals surface area contributed by atoms with Crippen molar-refractivity contribution in [3.8, 4) is 5.75 Å². The number of anilines is 1. The van der Waals surface area contributed by atoms with E-state index in [2.05, 4.69) is 17.4 Å². The summed E-state index contributed by atoms with van der Waals surface area (Å²) < 4.78 is 32.9. The van der Waals surface area contributed by atoms with Crippen LogP contribution in [0.3, 0.4) is 0 Å². The molecule has 0 aliphatic carbocycles. The number of nitrogens with zero attached hydrogens (tertiary/aromatic N) is 1. The molecule has 0 aliphatic heterocycles. The SMILES string of the molecule is COc1ccc(S(=O)(=O)N(CC(=O)NCCCc2cccc(C)c2)c2ccc(Cl)cc2)cc1. The highest BCUT2D eigenvalue weighted by atomic mass is 35.5. The molecular weight excluding hydrogens is 460 g/mol. The number of halogens is 1. The van der Waals surface area contributed by atoms with E-state index in [1.54, 1.807) is 36.4 Å². The molecule has 3 aromatic carbocycles. The summed E-state index contributed by atoms with van der Waals surface area (Å²) in [6.45, 7) is 2.14. The Balaban J connectivity index is 1.71. The van der Waals surface area contributed by atoms with Gasteiger partial charge in [-0.05, 0) is 73.9 Å². The third-order valence-corrected chi connectivity index (χ3v) is 7.14. The Morgan fingerprint density at radius 1 is 1.03 bits per heavy atom. The Morgan fingerprint density at radius 2 is 1.73 bits per heavy atom. The van der Waals surface area contributed by atoms with Crippen molar-refractivity contribution in [1.82, 2.24) is 5.32 Å². The van der Waals surface area contributed by atoms with Crippen LogP contribution in [0, 0.1) is 6.92 Å². The fourth-order valence-corrected chi connectivity index (χ4v) is 4.92. The fourth-order valence-electron chi connectivity index (χ4n) is 3.37. The quantitative estimate of drug-likeness (QED) is 0.425. The van der Waals surface area contributed by atoms with E-state index in [1.165, 1.54) is 30.4 Å². The molecule has 1 amide bonds. The molecule has 3 aromatic rings. The van der Waals surface area contributed by atoms with Gasteiger partial charge in [-0.15, -0.1) is 0 Å². The second-order valence-corrected chi connectivity index (χ2v) is 9.90. The van der Waals surface area contributed by atoms with E-state index in [9.17, 15) is 13.2 Å². The van der Waals surface area contributed by atoms with E-state index in [1.807, 2.05) is 19.1 Å². The Labute approximate surface area is 200 Å². The van der Waals surface area contributed by atoms with E-state index in [-0.39, 0.29) is 17.3 Å². The van der Waals surface area contributed by atoms with Gasteiger partial charge in [0.15, 0.2) is 0 Å². The maximum atomic E-state index is 13.4. The largest absolute Gasteiger partial charge is 0.497 e. The first-order valence-corrected chi connectivity index (χ1v) is 12.4. The lowest BCUT2D eigenvalue weighted by molar-refractivity contribution is -0.119. The van der Waals surface area contributed by atoms with Gasteiger partial charge in [-0.2, -0.15) is 0 Å². The topological polar surface area (TPSA) is 75.7 Å². The molecule has 3 rings (SSSR count). The molecule has 0 spiro atoms. The summed E-state index contributed by atoms with van der Waals surface area (Å²) in [4.78, 5) is 12.7. The van der Waals surface area contributed by atoms with Crippen LogP contribution in [-0.4, -0.2) is 34.5 Å². The number of hydrogen-bond acceptors (Lipinski definition) is 4. The van der Waals surface area contributed by atoms with Crippen molar-refractivity contribution in [3.05, 3.63) is 88.9 Å². The third-order valence-electron chi connectivity index (χ3n) is 5.10. The van der Waals surface area contributed by atoms with Gasteiger partial charge in [0.05, 0.1) is 17.7 Å². The number of nitrogens with one attached hydrogen (secondary N) is 1. The first-order chi connectivity index (χ1) is 15.8. The normalized spacial score (nSPS) is 11.1. The monoisotopic (exact) mass is 486 g/mol. The van der Waals surface area contributed by atoms with Crippen LogP contribution < -0.4 is 14.4 Å². The number of methoxy groups -OCH3 is 1. The van der Waals surface area contributed by atoms with Crippen LogP contribution in [0.1, 0.15) is 17.5 Å². The smallest absolute Gasteiger partial charge is 0.264 e. The summed E-state index contributed by atoms with van der Waals surface area (Å²) in [6.07, 6.45) is 1.58. The molecule has 0 saturated heterocycles. The summed E-state index contributed by atoms with van der Waals surface area (Å²) in [5.74, 6) is 0.157. The number of hydrogen-bond donors (Lipinski definition) is 1. The zero-order valence-corrected chi connectivity index (χ0v) is 20.2. The van der Waals surface area contributed by atoms with Crippen LogP contribution in [0.2, 0.25) is 5.02 Å². The zero-order valence-electron chi connectivity index (χ0n) is 18.6. The molecule has 0 radical (unpaired) electrons. The van der Waals surface area contributed by atoms with E-state index < -0.39 is 10.0 Å². The molecule has 0 atom stereocenters. The summed E-state index contributed by atoms with van der Waals surface area (Å²) in [7, 11) is -2.48. The molecule has 0 bridgehead atoms. The lowest BCUT2D eigenvalue weighted by Gasteiger charge is -2.24. The summed E-state index contributed by atoms with van der Waals surface area (Å²) >= 11 is 5.97. The second-order valence-electron chi connectivity index (χ2n) is 7.61. The molecule has 0 fully saturated rings. The second kappa shape index (κ2) is 11.2. The number of amides is 1. The van der Waals surface area contributed by atoms with Crippen molar-refractivity contribution < 1.29 is 17.9 Å². The average Bonchev–Trinajstić information content (AvgIpc) is 2.81. The van der Waals surface area contributed by atoms with Crippen molar-refractivity contribution >= 4 is 33.2 Å². The predicted octanol–water partition coefficient (Wildman–Crippen LogP) is 4.60. The fraction of sp³-hybridized carbons (Fsp3) is 0.240. The van der Waals surface area contributed by atoms with Crippen LogP contribution in [0.4, 0.5) is 5.69 Å². The molecule has 0 aromatic heterocycles. The molecule has 0 aliphatic rings. The Bertz CT molecular complexity index is 1180. The number of ether oxygens (including phenoxy) is 1. The third kappa shape index (κ3) is 6.73. The maximum Gasteiger partial charge on any atom is 0.264 e. The van der Waals surface area contributed by atoms with Gasteiger partial charge in [0, 0.05) is 11.6 Å². The number of aryl methyl sites for hydroxylation is 2. The molecule has 0 unspecified atom stereocenters. The summed E-state index contributed by atoms with van der Waals surface area (Å²) in [5.41, 5.74) is 2.75. The summed E-state index contributed by atoms with van der Waals surface area (Å²) in [6, 6.07) is 20.6. The van der Waals surface area contributed by atoms with Gasteiger partial charge in [-0.1, -0.05) is 41.4 Å². The average molecular weight is 487 g/mol. The van der Waals surface area contributed by atoms with Crippen LogP contribution in [0.25, 0.3) is 0 Å². The van der Waals surface area contributed by atoms with Crippen LogP contribution in [0.5, 0.6) is 5.75 Å². The Morgan fingerprint density at radius 3 is 2.36 bits per heavy atom. The van der Waals surface area contributed by atoms with Crippen molar-refractivity contribution in [3.63, 3.8) is 0 Å². The number of sulfonamides is 1. The highest BCUT2D eigenvalue weighted by molar-refractivity contribution is 7.92. The van der Waals surface area contributed by atoms with Crippen molar-refractivity contribution in [2.45, 2.75) is 24.7 Å². The molecule has 33 heavy (non-hydrogen) atoms. The number of benzene rings is 3. The molecule has 0 saturated carbocycles. The highest BCUT2D eigenvalue weighted by Crippen LogP contribution is 2.26. The standard InChI is InChI=1S/C25H27ClN2O4S/c1-19-5-3-6-20(17-19)7-4-16-27-25(29)18-28(22-10-8-21(26)9-11-22)33(30,31)24-14-12-23(32-2)13-15-24/h3,5-6,8-15,17H,4,7,16,18H2,1-2H3,(H,27,29). The van der Waals surface area contributed by atoms with E-state index in [0.29, 0.717) is 23.0 Å². The number of carbonyl (C=O) groups excluding carboxylic acids is 1. The highest BCUT2D eigenvalue weighted by Gasteiger charge is 2.27. The molecular formula is C25H27ClN2O4S. The van der Waals surface area contributed by atoms with E-state index >= 15 is 0 Å². The summed E-state index contributed by atoms with van der Waals surface area (Å²) in [5, 5.41) is 3.30. The molecule has 8 heteroatoms. The lowest BCUT2D eigenvalue weighted by Crippen LogP contribution is -2.41. The zero-order chi connectivity index (χ0) is 23.8. The van der Waals surface area contributed by atoms with Gasteiger partial charge < -0.3 is 10.1 Å². The van der Waals surface area contributed by atoms with Crippen molar-refractivity contribution in [2.75, 3.05) is 24.5 Å². The van der Waals surface area contributed by atoms with Gasteiger partial charge in [0.25, 0.3) is 10.0 Å². The van der Waals surface area contributed by atoms with Crippen LogP contribution >= 0.6 is 11.6 Å². The van der Waals surface area contributed by atoms with E-state index in [0.717, 1.165) is 17.1 Å². The minimum atomic E-state index is -3.99. The Hall–Kier alpha value is -3.03. The Kier molecular flexibility index (Phi) is 8.36. The van der Waals surface area contributed by atoms with Gasteiger partial charge in [-0.3, -0.25) is 9.10 Å². The minimum Gasteiger partial charge on any atom is -0.497 e. The first-order valence-electron chi connectivity index (χ1n) is 10.5. The van der Waals surface area contributed by atoms with Gasteiger partial charge in [0.1, 0.15) is 12.3 Å². The number of carbonyl (C=O) groups is 1. The minimum absolute atomic E-state index is 0.0606. The van der Waals surface area contributed by atoms with Gasteiger partial charge in [-0.25, -0.2) is 8.42 Å². The van der Waals surface area contributed by atoms with Crippen molar-refractivity contribution in [2.24, 2.45) is 0 Å². The maximum absolute atomic E-state index is 13.4. The van der Waals surface area contributed by atoms with Crippen LogP contribution in [0.15, 0.2) is 77.7 Å². The predicted molar refractivity (Wildman–Crippen MR) is 131 cm³/mol. The van der Waals surface area contributed by atoms with Gasteiger partial charge in [0.2, 0.25) is 5.91 Å². The first kappa shape index (κ1) is 24.6. The van der Waals surface area contributed by atoms with E-state index in [4.69, 9.17) is 16.3 Å². The van der Waals surface area contributed by atoms with Gasteiger partial charge >= 0.3 is 0 Å². The lowest BCUT2D eigenvalue weighted by atomic mass is 10.1.